The predicted octanol–water partition coefficient (Wildman–Crippen LogP) is 4.97. The van der Waals surface area contributed by atoms with Crippen molar-refractivity contribution in [2.45, 2.75) is 84.0 Å². The van der Waals surface area contributed by atoms with Crippen molar-refractivity contribution in [3.8, 4) is 0 Å². The van der Waals surface area contributed by atoms with Gasteiger partial charge in [0.2, 0.25) is 0 Å². The zero-order valence-corrected chi connectivity index (χ0v) is 13.3. The second-order valence-corrected chi connectivity index (χ2v) is 4.86. The first-order chi connectivity index (χ1) is 8.31. The highest BCUT2D eigenvalue weighted by atomic mass is 32.1. The van der Waals surface area contributed by atoms with E-state index >= 15 is 0 Å². The minimum Gasteiger partial charge on any atom is -0.469 e. The Balaban J connectivity index is 0. The zero-order valence-electron chi connectivity index (χ0n) is 12.3. The van der Waals surface area contributed by atoms with E-state index in [0.717, 1.165) is 6.42 Å². The lowest BCUT2D eigenvalue weighted by Gasteiger charge is -2.02. The molecular weight excluding hydrogens is 244 g/mol. The molecule has 0 aromatic carbocycles. The molecule has 0 aliphatic rings. The number of esters is 1. The third-order valence-corrected chi connectivity index (χ3v) is 3.21. The number of carbonyl (C=O) groups excluding carboxylic acids is 1. The molecule has 0 unspecified atom stereocenters. The number of unbranched alkanes of at least 4 members (excludes halogenated alkanes) is 10. The van der Waals surface area contributed by atoms with Crippen molar-refractivity contribution in [2.75, 3.05) is 7.11 Å². The van der Waals surface area contributed by atoms with Crippen molar-refractivity contribution in [1.29, 1.82) is 0 Å². The van der Waals surface area contributed by atoms with Crippen molar-refractivity contribution in [3.05, 3.63) is 0 Å². The summed E-state index contributed by atoms with van der Waals surface area (Å²) in [6.45, 7) is 2.26. The fourth-order valence-electron chi connectivity index (χ4n) is 2.04. The third-order valence-electron chi connectivity index (χ3n) is 3.21. The highest BCUT2D eigenvalue weighted by molar-refractivity contribution is 7.59. The lowest BCUT2D eigenvalue weighted by atomic mass is 10.1. The first-order valence-corrected chi connectivity index (χ1v) is 7.38. The van der Waals surface area contributed by atoms with Gasteiger partial charge in [-0.05, 0) is 6.42 Å². The van der Waals surface area contributed by atoms with Crippen LogP contribution in [0.3, 0.4) is 0 Å². The lowest BCUT2D eigenvalue weighted by molar-refractivity contribution is -0.140. The molecule has 3 heteroatoms. The second kappa shape index (κ2) is 16.8. The van der Waals surface area contributed by atoms with Crippen LogP contribution in [0.2, 0.25) is 0 Å². The van der Waals surface area contributed by atoms with Gasteiger partial charge in [0.25, 0.3) is 0 Å². The van der Waals surface area contributed by atoms with Crippen molar-refractivity contribution >= 4 is 19.5 Å². The van der Waals surface area contributed by atoms with Gasteiger partial charge in [-0.1, -0.05) is 71.1 Å². The van der Waals surface area contributed by atoms with E-state index in [9.17, 15) is 4.79 Å². The zero-order chi connectivity index (χ0) is 12.8. The molecule has 0 aromatic rings. The monoisotopic (exact) mass is 276 g/mol. The third kappa shape index (κ3) is 15.8. The number of hydrogen-bond donors (Lipinski definition) is 0. The van der Waals surface area contributed by atoms with Crippen LogP contribution in [0.15, 0.2) is 0 Å². The maximum absolute atomic E-state index is 10.8. The molecule has 0 atom stereocenters. The second-order valence-electron chi connectivity index (χ2n) is 4.86. The molecule has 110 valence electrons. The van der Waals surface area contributed by atoms with E-state index in [4.69, 9.17) is 0 Å². The number of ether oxygens (including phenoxy) is 1. The van der Waals surface area contributed by atoms with Crippen molar-refractivity contribution < 1.29 is 9.53 Å². The summed E-state index contributed by atoms with van der Waals surface area (Å²) in [5.41, 5.74) is 0. The summed E-state index contributed by atoms with van der Waals surface area (Å²) < 4.78 is 4.60. The molecule has 0 bridgehead atoms. The molecular formula is C15H32O2S. The molecule has 0 saturated heterocycles. The van der Waals surface area contributed by atoms with Gasteiger partial charge in [0.15, 0.2) is 0 Å². The molecule has 0 amide bonds. The summed E-state index contributed by atoms with van der Waals surface area (Å²) in [7, 11) is 1.46. The van der Waals surface area contributed by atoms with Crippen LogP contribution in [0.4, 0.5) is 0 Å². The Morgan fingerprint density at radius 3 is 1.56 bits per heavy atom. The first kappa shape index (κ1) is 20.1. The van der Waals surface area contributed by atoms with Gasteiger partial charge in [0.1, 0.15) is 0 Å². The fraction of sp³-hybridized carbons (Fsp3) is 0.933. The Bertz CT molecular complexity index is 172. The average Bonchev–Trinajstić information content (AvgIpc) is 2.35. The fourth-order valence-corrected chi connectivity index (χ4v) is 2.04. The minimum atomic E-state index is -0.0686. The van der Waals surface area contributed by atoms with Crippen LogP contribution in [0.1, 0.15) is 84.0 Å². The van der Waals surface area contributed by atoms with Gasteiger partial charge in [0, 0.05) is 6.42 Å². The van der Waals surface area contributed by atoms with E-state index in [2.05, 4.69) is 11.7 Å². The lowest BCUT2D eigenvalue weighted by Crippen LogP contribution is -1.99. The standard InChI is InChI=1S/C15H30O2.H2S/c1-3-4-5-6-7-8-9-10-11-12-13-14-15(16)17-2;/h3-14H2,1-2H3;1H2. The first-order valence-electron chi connectivity index (χ1n) is 7.38. The topological polar surface area (TPSA) is 26.3 Å². The molecule has 0 spiro atoms. The number of methoxy groups -OCH3 is 1. The number of hydrogen-bond acceptors (Lipinski definition) is 2. The van der Waals surface area contributed by atoms with E-state index in [-0.39, 0.29) is 19.5 Å². The van der Waals surface area contributed by atoms with Gasteiger partial charge in [-0.25, -0.2) is 0 Å². The predicted molar refractivity (Wildman–Crippen MR) is 83.5 cm³/mol. The Morgan fingerprint density at radius 1 is 0.778 bits per heavy atom. The van der Waals surface area contributed by atoms with Crippen LogP contribution in [0.25, 0.3) is 0 Å². The van der Waals surface area contributed by atoms with Crippen molar-refractivity contribution in [3.63, 3.8) is 0 Å². The molecule has 0 radical (unpaired) electrons. The van der Waals surface area contributed by atoms with Crippen LogP contribution in [-0.2, 0) is 9.53 Å². The van der Waals surface area contributed by atoms with E-state index in [0.29, 0.717) is 6.42 Å². The van der Waals surface area contributed by atoms with Gasteiger partial charge in [0.05, 0.1) is 7.11 Å². The smallest absolute Gasteiger partial charge is 0.305 e. The summed E-state index contributed by atoms with van der Waals surface area (Å²) in [6.07, 6.45) is 15.1. The minimum absolute atomic E-state index is 0. The molecule has 0 aromatic heterocycles. The molecule has 0 fully saturated rings. The molecule has 0 rings (SSSR count). The Hall–Kier alpha value is -0.180. The van der Waals surface area contributed by atoms with Gasteiger partial charge < -0.3 is 4.74 Å². The average molecular weight is 276 g/mol. The van der Waals surface area contributed by atoms with Gasteiger partial charge in [-0.2, -0.15) is 13.5 Å². The Kier molecular flexibility index (Phi) is 18.8. The van der Waals surface area contributed by atoms with Gasteiger partial charge in [-0.15, -0.1) is 0 Å². The van der Waals surface area contributed by atoms with Crippen molar-refractivity contribution in [2.24, 2.45) is 0 Å². The van der Waals surface area contributed by atoms with E-state index in [1.165, 1.54) is 71.3 Å². The van der Waals surface area contributed by atoms with Gasteiger partial charge >= 0.3 is 5.97 Å². The Labute approximate surface area is 120 Å². The molecule has 0 saturated carbocycles. The van der Waals surface area contributed by atoms with Crippen LogP contribution in [-0.4, -0.2) is 13.1 Å². The number of carbonyl (C=O) groups is 1. The van der Waals surface area contributed by atoms with Gasteiger partial charge in [-0.3, -0.25) is 4.79 Å². The summed E-state index contributed by atoms with van der Waals surface area (Å²) in [6, 6.07) is 0. The van der Waals surface area contributed by atoms with Crippen LogP contribution >= 0.6 is 13.5 Å². The quantitative estimate of drug-likeness (QED) is 0.371. The number of rotatable bonds is 12. The summed E-state index contributed by atoms with van der Waals surface area (Å²) in [5.74, 6) is -0.0686. The molecule has 0 N–H and O–H groups in total. The van der Waals surface area contributed by atoms with E-state index in [1.807, 2.05) is 0 Å². The van der Waals surface area contributed by atoms with Crippen LogP contribution < -0.4 is 0 Å². The highest BCUT2D eigenvalue weighted by Gasteiger charge is 1.98. The van der Waals surface area contributed by atoms with Crippen molar-refractivity contribution in [1.82, 2.24) is 0 Å². The van der Waals surface area contributed by atoms with Crippen LogP contribution in [0.5, 0.6) is 0 Å². The largest absolute Gasteiger partial charge is 0.469 e. The summed E-state index contributed by atoms with van der Waals surface area (Å²) in [5, 5.41) is 0. The maximum Gasteiger partial charge on any atom is 0.305 e. The maximum atomic E-state index is 10.8. The molecule has 2 nitrogen and oxygen atoms in total. The van der Waals surface area contributed by atoms with E-state index < -0.39 is 0 Å². The molecule has 0 aliphatic heterocycles. The SMILES string of the molecule is CCCCCCCCCCCCCC(=O)OC.S. The normalized spacial score (nSPS) is 9.89. The molecule has 0 heterocycles. The molecule has 0 aliphatic carbocycles. The summed E-state index contributed by atoms with van der Waals surface area (Å²) in [4.78, 5) is 10.8. The highest BCUT2D eigenvalue weighted by Crippen LogP contribution is 2.11. The van der Waals surface area contributed by atoms with E-state index in [1.54, 1.807) is 0 Å². The van der Waals surface area contributed by atoms with Crippen LogP contribution in [0, 0.1) is 0 Å². The Morgan fingerprint density at radius 2 is 1.17 bits per heavy atom. The summed E-state index contributed by atoms with van der Waals surface area (Å²) >= 11 is 0. The molecule has 18 heavy (non-hydrogen) atoms.